The summed E-state index contributed by atoms with van der Waals surface area (Å²) < 4.78 is 17.9. The molecule has 0 aliphatic carbocycles. The molecule has 1 N–H and O–H groups in total. The van der Waals surface area contributed by atoms with Crippen molar-refractivity contribution in [2.75, 3.05) is 13.2 Å². The Bertz CT molecular complexity index is 331. The molecule has 5 heteroatoms. The number of ether oxygens (including phenoxy) is 1. The van der Waals surface area contributed by atoms with Crippen molar-refractivity contribution in [3.8, 4) is 5.75 Å². The quantitative estimate of drug-likeness (QED) is 0.744. The highest BCUT2D eigenvalue weighted by molar-refractivity contribution is 5.77. The summed E-state index contributed by atoms with van der Waals surface area (Å²) in [6, 6.07) is 2.97. The molecule has 1 aromatic rings. The summed E-state index contributed by atoms with van der Waals surface area (Å²) in [4.78, 5) is 14.5. The number of pyridine rings is 1. The molecule has 0 atom stereocenters. The molecule has 0 fully saturated rings. The first-order valence-electron chi connectivity index (χ1n) is 4.74. The topological polar surface area (TPSA) is 51.2 Å². The molecule has 0 aliphatic heterocycles. The molecule has 0 unspecified atom stereocenters. The molecule has 82 valence electrons. The molecule has 0 bridgehead atoms. The first kappa shape index (κ1) is 11.4. The van der Waals surface area contributed by atoms with Crippen LogP contribution in [0.1, 0.15) is 13.3 Å². The van der Waals surface area contributed by atoms with Crippen LogP contribution in [0.15, 0.2) is 18.3 Å². The van der Waals surface area contributed by atoms with Crippen LogP contribution < -0.4 is 10.1 Å². The van der Waals surface area contributed by atoms with E-state index >= 15 is 0 Å². The van der Waals surface area contributed by atoms with Crippen molar-refractivity contribution in [1.29, 1.82) is 0 Å². The molecule has 15 heavy (non-hydrogen) atoms. The summed E-state index contributed by atoms with van der Waals surface area (Å²) in [5, 5.41) is 2.62. The summed E-state index contributed by atoms with van der Waals surface area (Å²) in [6.07, 6.45) is 2.17. The Hall–Kier alpha value is -1.65. The van der Waals surface area contributed by atoms with E-state index in [4.69, 9.17) is 4.74 Å². The predicted octanol–water partition coefficient (Wildman–Crippen LogP) is 1.13. The van der Waals surface area contributed by atoms with Crippen molar-refractivity contribution in [1.82, 2.24) is 10.3 Å². The van der Waals surface area contributed by atoms with Gasteiger partial charge in [-0.05, 0) is 18.6 Å². The molecule has 0 aliphatic rings. The molecular weight excluding hydrogens is 199 g/mol. The van der Waals surface area contributed by atoms with Gasteiger partial charge >= 0.3 is 0 Å². The van der Waals surface area contributed by atoms with E-state index in [1.165, 1.54) is 12.3 Å². The standard InChI is InChI=1S/C10H13FN2O2/c1-2-5-12-9(14)7-15-8-4-3-6-13-10(8)11/h3-4,6H,2,5,7H2,1H3,(H,12,14). The smallest absolute Gasteiger partial charge is 0.257 e. The van der Waals surface area contributed by atoms with Crippen molar-refractivity contribution in [3.63, 3.8) is 0 Å². The molecule has 1 rings (SSSR count). The SMILES string of the molecule is CCCNC(=O)COc1cccnc1F. The van der Waals surface area contributed by atoms with E-state index in [1.54, 1.807) is 6.07 Å². The minimum Gasteiger partial charge on any atom is -0.479 e. The molecule has 0 aromatic carbocycles. The van der Waals surface area contributed by atoms with Crippen LogP contribution in [0.25, 0.3) is 0 Å². The Morgan fingerprint density at radius 1 is 1.67 bits per heavy atom. The van der Waals surface area contributed by atoms with Crippen LogP contribution in [-0.4, -0.2) is 24.0 Å². The maximum Gasteiger partial charge on any atom is 0.257 e. The molecule has 1 aromatic heterocycles. The normalized spacial score (nSPS) is 9.73. The zero-order chi connectivity index (χ0) is 11.1. The number of aromatic nitrogens is 1. The molecule has 0 saturated carbocycles. The van der Waals surface area contributed by atoms with Gasteiger partial charge in [-0.15, -0.1) is 0 Å². The van der Waals surface area contributed by atoms with Gasteiger partial charge in [0, 0.05) is 12.7 Å². The summed E-state index contributed by atoms with van der Waals surface area (Å²) in [6.45, 7) is 2.35. The van der Waals surface area contributed by atoms with E-state index in [1.807, 2.05) is 6.92 Å². The lowest BCUT2D eigenvalue weighted by molar-refractivity contribution is -0.123. The van der Waals surface area contributed by atoms with Crippen LogP contribution in [0.5, 0.6) is 5.75 Å². The molecule has 4 nitrogen and oxygen atoms in total. The third-order valence-electron chi connectivity index (χ3n) is 1.66. The molecule has 0 saturated heterocycles. The number of carbonyl (C=O) groups is 1. The first-order valence-corrected chi connectivity index (χ1v) is 4.74. The molecular formula is C10H13FN2O2. The molecule has 0 spiro atoms. The second-order valence-corrected chi connectivity index (χ2v) is 2.93. The highest BCUT2D eigenvalue weighted by Gasteiger charge is 2.05. The maximum atomic E-state index is 12.9. The number of amides is 1. The second-order valence-electron chi connectivity index (χ2n) is 2.93. The van der Waals surface area contributed by atoms with Crippen molar-refractivity contribution in [2.24, 2.45) is 0 Å². The fourth-order valence-corrected chi connectivity index (χ4v) is 0.938. The fraction of sp³-hybridized carbons (Fsp3) is 0.400. The zero-order valence-electron chi connectivity index (χ0n) is 8.50. The van der Waals surface area contributed by atoms with Crippen LogP contribution in [-0.2, 0) is 4.79 Å². The van der Waals surface area contributed by atoms with Gasteiger partial charge < -0.3 is 10.1 Å². The number of carbonyl (C=O) groups excluding carboxylic acids is 1. The van der Waals surface area contributed by atoms with E-state index in [0.29, 0.717) is 6.54 Å². The largest absolute Gasteiger partial charge is 0.479 e. The van der Waals surface area contributed by atoms with Gasteiger partial charge in [0.15, 0.2) is 12.4 Å². The minimum absolute atomic E-state index is 0.0100. The lowest BCUT2D eigenvalue weighted by Gasteiger charge is -2.06. The van der Waals surface area contributed by atoms with Crippen molar-refractivity contribution >= 4 is 5.91 Å². The van der Waals surface area contributed by atoms with Crippen LogP contribution in [0.4, 0.5) is 4.39 Å². The highest BCUT2D eigenvalue weighted by atomic mass is 19.1. The Morgan fingerprint density at radius 2 is 2.47 bits per heavy atom. The number of hydrogen-bond donors (Lipinski definition) is 1. The van der Waals surface area contributed by atoms with Crippen LogP contribution >= 0.6 is 0 Å². The summed E-state index contributed by atoms with van der Waals surface area (Å²) >= 11 is 0. The van der Waals surface area contributed by atoms with Gasteiger partial charge in [0.05, 0.1) is 0 Å². The third kappa shape index (κ3) is 3.93. The van der Waals surface area contributed by atoms with Gasteiger partial charge in [0.1, 0.15) is 0 Å². The summed E-state index contributed by atoms with van der Waals surface area (Å²) in [5.74, 6) is -0.981. The second kappa shape index (κ2) is 5.95. The lowest BCUT2D eigenvalue weighted by atomic mass is 10.4. The maximum absolute atomic E-state index is 12.9. The number of rotatable bonds is 5. The lowest BCUT2D eigenvalue weighted by Crippen LogP contribution is -2.29. The van der Waals surface area contributed by atoms with E-state index in [0.717, 1.165) is 6.42 Å². The summed E-state index contributed by atoms with van der Waals surface area (Å²) in [7, 11) is 0. The van der Waals surface area contributed by atoms with Gasteiger partial charge in [-0.1, -0.05) is 6.92 Å². The third-order valence-corrected chi connectivity index (χ3v) is 1.66. The van der Waals surface area contributed by atoms with E-state index in [2.05, 4.69) is 10.3 Å². The highest BCUT2D eigenvalue weighted by Crippen LogP contribution is 2.12. The number of nitrogens with one attached hydrogen (secondary N) is 1. The van der Waals surface area contributed by atoms with Gasteiger partial charge in [-0.3, -0.25) is 4.79 Å². The van der Waals surface area contributed by atoms with Gasteiger partial charge in [-0.2, -0.15) is 4.39 Å². The first-order chi connectivity index (χ1) is 7.24. The number of nitrogens with zero attached hydrogens (tertiary/aromatic N) is 1. The number of hydrogen-bond acceptors (Lipinski definition) is 3. The minimum atomic E-state index is -0.708. The van der Waals surface area contributed by atoms with E-state index in [9.17, 15) is 9.18 Å². The Kier molecular flexibility index (Phi) is 4.53. The van der Waals surface area contributed by atoms with Crippen molar-refractivity contribution in [3.05, 3.63) is 24.3 Å². The average molecular weight is 212 g/mol. The Morgan fingerprint density at radius 3 is 3.13 bits per heavy atom. The average Bonchev–Trinajstić information content (AvgIpc) is 2.25. The number of halogens is 1. The summed E-state index contributed by atoms with van der Waals surface area (Å²) in [5.41, 5.74) is 0. The zero-order valence-corrected chi connectivity index (χ0v) is 8.50. The van der Waals surface area contributed by atoms with Crippen molar-refractivity contribution < 1.29 is 13.9 Å². The molecule has 1 amide bonds. The van der Waals surface area contributed by atoms with Crippen LogP contribution in [0.2, 0.25) is 0 Å². The van der Waals surface area contributed by atoms with Crippen LogP contribution in [0.3, 0.4) is 0 Å². The fourth-order valence-electron chi connectivity index (χ4n) is 0.938. The van der Waals surface area contributed by atoms with Crippen LogP contribution in [0, 0.1) is 5.95 Å². The van der Waals surface area contributed by atoms with Crippen molar-refractivity contribution in [2.45, 2.75) is 13.3 Å². The van der Waals surface area contributed by atoms with Gasteiger partial charge in [-0.25, -0.2) is 4.98 Å². The van der Waals surface area contributed by atoms with E-state index < -0.39 is 5.95 Å². The Labute approximate surface area is 87.5 Å². The monoisotopic (exact) mass is 212 g/mol. The molecule has 0 radical (unpaired) electrons. The van der Waals surface area contributed by atoms with Gasteiger partial charge in [0.25, 0.3) is 11.9 Å². The Balaban J connectivity index is 2.37. The molecule has 1 heterocycles. The van der Waals surface area contributed by atoms with E-state index in [-0.39, 0.29) is 18.3 Å². The predicted molar refractivity (Wildman–Crippen MR) is 53.0 cm³/mol. The van der Waals surface area contributed by atoms with Gasteiger partial charge in [0.2, 0.25) is 0 Å².